The maximum absolute atomic E-state index is 14.2. The van der Waals surface area contributed by atoms with Gasteiger partial charge in [-0.3, -0.25) is 14.2 Å². The summed E-state index contributed by atoms with van der Waals surface area (Å²) in [7, 11) is 0. The largest absolute Gasteiger partial charge is 0.505 e. The molecule has 3 rings (SSSR count). The molecule has 1 aromatic heterocycles. The van der Waals surface area contributed by atoms with Gasteiger partial charge in [-0.15, -0.1) is 0 Å². The van der Waals surface area contributed by atoms with Crippen molar-refractivity contribution in [1.29, 1.82) is 0 Å². The Hall–Kier alpha value is -3.29. The van der Waals surface area contributed by atoms with E-state index in [0.29, 0.717) is 0 Å². The monoisotopic (exact) mass is 433 g/mol. The minimum Gasteiger partial charge on any atom is -0.505 e. The molecule has 0 amide bonds. The summed E-state index contributed by atoms with van der Waals surface area (Å²) in [4.78, 5) is 25.3. The second-order valence-corrected chi connectivity index (χ2v) is 8.74. The number of benzene rings is 2. The first-order valence-electron chi connectivity index (χ1n) is 9.58. The summed E-state index contributed by atoms with van der Waals surface area (Å²) in [5, 5.41) is 20.0. The number of carbonyl (C=O) groups is 2. The van der Waals surface area contributed by atoms with Gasteiger partial charge in [0.25, 0.3) is 5.91 Å². The average Bonchev–Trinajstić information content (AvgIpc) is 2.92. The Morgan fingerprint density at radius 1 is 1.03 bits per heavy atom. The molecular formula is C23H22F3NO4. The van der Waals surface area contributed by atoms with E-state index in [2.05, 4.69) is 0 Å². The predicted molar refractivity (Wildman–Crippen MR) is 109 cm³/mol. The average molecular weight is 433 g/mol. The zero-order chi connectivity index (χ0) is 23.2. The van der Waals surface area contributed by atoms with Crippen LogP contribution in [0, 0.1) is 29.8 Å². The number of phenols is 1. The highest BCUT2D eigenvalue weighted by molar-refractivity contribution is 6.05. The topological polar surface area (TPSA) is 79.5 Å². The molecule has 31 heavy (non-hydrogen) atoms. The lowest BCUT2D eigenvalue weighted by molar-refractivity contribution is -0.139. The van der Waals surface area contributed by atoms with Crippen molar-refractivity contribution in [2.75, 3.05) is 0 Å². The molecule has 1 atom stereocenters. The highest BCUT2D eigenvalue weighted by Crippen LogP contribution is 2.40. The Morgan fingerprint density at radius 2 is 1.68 bits per heavy atom. The molecule has 0 fully saturated rings. The Kier molecular flexibility index (Phi) is 5.60. The van der Waals surface area contributed by atoms with Crippen LogP contribution < -0.4 is 0 Å². The summed E-state index contributed by atoms with van der Waals surface area (Å²) in [6.45, 7) is 7.09. The number of carboxylic acid groups (broad SMARTS) is 1. The summed E-state index contributed by atoms with van der Waals surface area (Å²) in [6.07, 6.45) is 0.208. The van der Waals surface area contributed by atoms with Gasteiger partial charge in [0.15, 0.2) is 23.2 Å². The molecule has 0 aliphatic heterocycles. The van der Waals surface area contributed by atoms with Gasteiger partial charge in [0.1, 0.15) is 0 Å². The molecule has 0 radical (unpaired) electrons. The van der Waals surface area contributed by atoms with E-state index in [0.717, 1.165) is 34.9 Å². The van der Waals surface area contributed by atoms with Crippen LogP contribution in [0.3, 0.4) is 0 Å². The summed E-state index contributed by atoms with van der Waals surface area (Å²) < 4.78 is 42.3. The Morgan fingerprint density at radius 3 is 2.23 bits per heavy atom. The van der Waals surface area contributed by atoms with Crippen LogP contribution >= 0.6 is 0 Å². The van der Waals surface area contributed by atoms with Gasteiger partial charge in [0.05, 0.1) is 11.4 Å². The second kappa shape index (κ2) is 7.76. The normalized spacial score (nSPS) is 12.9. The summed E-state index contributed by atoms with van der Waals surface area (Å²) in [5.41, 5.74) is -0.0924. The van der Waals surface area contributed by atoms with Crippen LogP contribution in [-0.4, -0.2) is 26.7 Å². The summed E-state index contributed by atoms with van der Waals surface area (Å²) >= 11 is 0. The van der Waals surface area contributed by atoms with Crippen molar-refractivity contribution in [2.24, 2.45) is 5.41 Å². The number of carboxylic acids is 1. The molecule has 0 spiro atoms. The molecule has 164 valence electrons. The minimum atomic E-state index is -1.22. The zero-order valence-corrected chi connectivity index (χ0v) is 17.5. The van der Waals surface area contributed by atoms with Gasteiger partial charge in [-0.1, -0.05) is 20.8 Å². The van der Waals surface area contributed by atoms with E-state index in [1.807, 2.05) is 20.8 Å². The van der Waals surface area contributed by atoms with Crippen molar-refractivity contribution in [1.82, 2.24) is 4.57 Å². The van der Waals surface area contributed by atoms with Crippen molar-refractivity contribution in [3.05, 3.63) is 64.6 Å². The first-order valence-corrected chi connectivity index (χ1v) is 9.58. The fourth-order valence-corrected chi connectivity index (χ4v) is 3.83. The highest BCUT2D eigenvalue weighted by Gasteiger charge is 2.33. The molecule has 0 saturated carbocycles. The molecule has 2 N–H and O–H groups in total. The maximum atomic E-state index is 14.2. The predicted octanol–water partition coefficient (Wildman–Crippen LogP) is 5.37. The van der Waals surface area contributed by atoms with Gasteiger partial charge in [-0.25, -0.2) is 13.2 Å². The Labute approximate surface area is 176 Å². The number of carbonyl (C=O) groups excluding carboxylic acids is 1. The number of aromatic nitrogens is 1. The number of nitrogens with zero attached hydrogens (tertiary/aromatic N) is 1. The number of aromatic hydroxyl groups is 1. The van der Waals surface area contributed by atoms with Crippen molar-refractivity contribution in [2.45, 2.75) is 40.0 Å². The minimum absolute atomic E-state index is 0.0256. The number of halogens is 3. The molecule has 3 aromatic rings. The van der Waals surface area contributed by atoms with Gasteiger partial charge in [0, 0.05) is 22.7 Å². The standard InChI is InChI=1S/C23H22F3NO4/c1-11-20(14(22(30)31)10-23(2,3)4)13-8-19(28)17(26)9-18(13)27(11)21(29)12-5-6-15(24)16(25)7-12/h5-9,14,28H,10H2,1-4H3,(H,30,31)/t14-/m0/s1. The first kappa shape index (κ1) is 22.4. The molecule has 0 unspecified atom stereocenters. The molecule has 8 heteroatoms. The van der Waals surface area contributed by atoms with Crippen LogP contribution in [0.2, 0.25) is 0 Å². The summed E-state index contributed by atoms with van der Waals surface area (Å²) in [6, 6.07) is 4.63. The van der Waals surface area contributed by atoms with E-state index in [9.17, 15) is 33.0 Å². The molecule has 0 aliphatic rings. The smallest absolute Gasteiger partial charge is 0.311 e. The lowest BCUT2D eigenvalue weighted by Crippen LogP contribution is -2.21. The zero-order valence-electron chi connectivity index (χ0n) is 17.5. The third-order valence-corrected chi connectivity index (χ3v) is 5.15. The van der Waals surface area contributed by atoms with Crippen molar-refractivity contribution >= 4 is 22.8 Å². The SMILES string of the molecule is Cc1c([C@H](CC(C)(C)C)C(=O)O)c2cc(O)c(F)cc2n1C(=O)c1ccc(F)c(F)c1. The number of phenolic OH excluding ortho intramolecular Hbond substituents is 1. The van der Waals surface area contributed by atoms with E-state index in [1.165, 1.54) is 6.92 Å². The number of rotatable bonds is 4. The highest BCUT2D eigenvalue weighted by atomic mass is 19.2. The van der Waals surface area contributed by atoms with Gasteiger partial charge in [-0.2, -0.15) is 0 Å². The van der Waals surface area contributed by atoms with Crippen LogP contribution in [0.1, 0.15) is 54.7 Å². The van der Waals surface area contributed by atoms with Crippen molar-refractivity contribution in [3.63, 3.8) is 0 Å². The summed E-state index contributed by atoms with van der Waals surface area (Å²) in [5.74, 6) is -7.01. The number of hydrogen-bond acceptors (Lipinski definition) is 3. The van der Waals surface area contributed by atoms with Crippen molar-refractivity contribution in [3.8, 4) is 5.75 Å². The van der Waals surface area contributed by atoms with Gasteiger partial charge >= 0.3 is 5.97 Å². The Balaban J connectivity index is 2.33. The Bertz CT molecular complexity index is 1210. The lowest BCUT2D eigenvalue weighted by atomic mass is 9.80. The van der Waals surface area contributed by atoms with E-state index < -0.39 is 46.4 Å². The third-order valence-electron chi connectivity index (χ3n) is 5.15. The van der Waals surface area contributed by atoms with E-state index >= 15 is 0 Å². The van der Waals surface area contributed by atoms with Gasteiger partial charge in [0.2, 0.25) is 0 Å². The lowest BCUT2D eigenvalue weighted by Gasteiger charge is -2.24. The number of hydrogen-bond donors (Lipinski definition) is 2. The third kappa shape index (κ3) is 4.15. The van der Waals surface area contributed by atoms with Crippen LogP contribution in [0.15, 0.2) is 30.3 Å². The molecule has 0 bridgehead atoms. The van der Waals surface area contributed by atoms with E-state index in [-0.39, 0.29) is 34.1 Å². The van der Waals surface area contributed by atoms with Crippen LogP contribution in [0.5, 0.6) is 5.75 Å². The molecule has 0 aliphatic carbocycles. The number of fused-ring (bicyclic) bond motifs is 1. The molecular weight excluding hydrogens is 411 g/mol. The fourth-order valence-electron chi connectivity index (χ4n) is 3.83. The first-order chi connectivity index (χ1) is 14.3. The van der Waals surface area contributed by atoms with Gasteiger partial charge < -0.3 is 10.2 Å². The van der Waals surface area contributed by atoms with Gasteiger partial charge in [-0.05, 0) is 48.6 Å². The van der Waals surface area contributed by atoms with Crippen LogP contribution in [0.4, 0.5) is 13.2 Å². The molecule has 0 saturated heterocycles. The fraction of sp³-hybridized carbons (Fsp3) is 0.304. The van der Waals surface area contributed by atoms with E-state index in [1.54, 1.807) is 0 Å². The quantitative estimate of drug-likeness (QED) is 0.580. The molecule has 1 heterocycles. The maximum Gasteiger partial charge on any atom is 0.311 e. The molecule has 2 aromatic carbocycles. The van der Waals surface area contributed by atoms with Crippen LogP contribution in [-0.2, 0) is 4.79 Å². The number of aliphatic carboxylic acids is 1. The molecule has 5 nitrogen and oxygen atoms in total. The van der Waals surface area contributed by atoms with E-state index in [4.69, 9.17) is 0 Å². The second-order valence-electron chi connectivity index (χ2n) is 8.74. The van der Waals surface area contributed by atoms with Crippen molar-refractivity contribution < 1.29 is 33.0 Å². The van der Waals surface area contributed by atoms with Crippen LogP contribution in [0.25, 0.3) is 10.9 Å².